The second kappa shape index (κ2) is 10.8. The van der Waals surface area contributed by atoms with Crippen molar-refractivity contribution in [2.75, 3.05) is 30.3 Å². The number of nitrogens with zero attached hydrogens (tertiary/aromatic N) is 1. The summed E-state index contributed by atoms with van der Waals surface area (Å²) < 4.78 is 45.3. The molecule has 2 aromatic carbocycles. The molecule has 2 N–H and O–H groups in total. The van der Waals surface area contributed by atoms with Gasteiger partial charge < -0.3 is 10.1 Å². The number of hydrogen-bond acceptors (Lipinski definition) is 5. The number of benzene rings is 2. The molecule has 0 aromatic heterocycles. The molecule has 2 aromatic rings. The largest absolute Gasteiger partial charge is 0.449 e. The van der Waals surface area contributed by atoms with Gasteiger partial charge in [-0.3, -0.25) is 10.1 Å². The Hall–Kier alpha value is -2.98. The van der Waals surface area contributed by atoms with Gasteiger partial charge in [0, 0.05) is 24.5 Å². The average Bonchev–Trinajstić information content (AvgIpc) is 2.78. The predicted octanol–water partition coefficient (Wildman–Crippen LogP) is 4.07. The molecule has 178 valence electrons. The van der Waals surface area contributed by atoms with Gasteiger partial charge in [0.25, 0.3) is 0 Å². The van der Waals surface area contributed by atoms with Gasteiger partial charge in [0.15, 0.2) is 0 Å². The molecular weight excluding hydrogens is 449 g/mol. The molecule has 2 amide bonds. The van der Waals surface area contributed by atoms with Gasteiger partial charge in [-0.15, -0.1) is 0 Å². The van der Waals surface area contributed by atoms with E-state index in [2.05, 4.69) is 10.6 Å². The summed E-state index contributed by atoms with van der Waals surface area (Å²) in [6, 6.07) is 11.3. The third kappa shape index (κ3) is 6.75. The van der Waals surface area contributed by atoms with Crippen LogP contribution < -0.4 is 10.6 Å². The molecule has 0 radical (unpaired) electrons. The number of carbonyl (C=O) groups is 2. The van der Waals surface area contributed by atoms with Crippen LogP contribution in [0.4, 0.5) is 20.6 Å². The molecule has 3 rings (SSSR count). The molecule has 1 saturated heterocycles. The van der Waals surface area contributed by atoms with Gasteiger partial charge in [0.1, 0.15) is 5.82 Å². The molecular formula is C23H28FN3O5S. The highest BCUT2D eigenvalue weighted by atomic mass is 32.2. The Morgan fingerprint density at radius 2 is 1.79 bits per heavy atom. The fraction of sp³-hybridized carbons (Fsp3) is 0.391. The van der Waals surface area contributed by atoms with E-state index in [0.29, 0.717) is 37.4 Å². The lowest BCUT2D eigenvalue weighted by Crippen LogP contribution is -2.43. The van der Waals surface area contributed by atoms with Crippen LogP contribution in [0.1, 0.15) is 26.7 Å². The Kier molecular flexibility index (Phi) is 8.04. The van der Waals surface area contributed by atoms with E-state index in [1.807, 2.05) is 13.8 Å². The van der Waals surface area contributed by atoms with Crippen LogP contribution in [0.15, 0.2) is 53.4 Å². The molecule has 1 unspecified atom stereocenters. The first-order valence-electron chi connectivity index (χ1n) is 10.8. The van der Waals surface area contributed by atoms with Crippen LogP contribution in [0.3, 0.4) is 0 Å². The minimum absolute atomic E-state index is 0.00640. The first-order valence-corrected chi connectivity index (χ1v) is 12.2. The summed E-state index contributed by atoms with van der Waals surface area (Å²) in [6.07, 6.45) is 0.490. The highest BCUT2D eigenvalue weighted by Crippen LogP contribution is 2.25. The van der Waals surface area contributed by atoms with Crippen molar-refractivity contribution in [3.8, 4) is 0 Å². The number of piperidine rings is 1. The number of anilines is 2. The van der Waals surface area contributed by atoms with E-state index >= 15 is 0 Å². The van der Waals surface area contributed by atoms with E-state index in [-0.39, 0.29) is 23.3 Å². The van der Waals surface area contributed by atoms with Crippen molar-refractivity contribution in [2.45, 2.75) is 31.6 Å². The average molecular weight is 478 g/mol. The minimum atomic E-state index is -3.82. The highest BCUT2D eigenvalue weighted by molar-refractivity contribution is 7.89. The number of amides is 2. The molecule has 0 saturated carbocycles. The number of ether oxygens (including phenoxy) is 1. The maximum atomic E-state index is 13.2. The number of halogens is 1. The van der Waals surface area contributed by atoms with E-state index in [0.717, 1.165) is 12.1 Å². The Labute approximate surface area is 193 Å². The fourth-order valence-electron chi connectivity index (χ4n) is 3.45. The van der Waals surface area contributed by atoms with Crippen molar-refractivity contribution >= 4 is 33.4 Å². The smallest absolute Gasteiger partial charge is 0.411 e. The fourth-order valence-corrected chi connectivity index (χ4v) is 4.97. The topological polar surface area (TPSA) is 105 Å². The molecule has 0 aliphatic carbocycles. The Balaban J connectivity index is 1.62. The second-order valence-corrected chi connectivity index (χ2v) is 10.3. The summed E-state index contributed by atoms with van der Waals surface area (Å²) in [6.45, 7) is 4.48. The summed E-state index contributed by atoms with van der Waals surface area (Å²) in [7, 11) is -3.82. The summed E-state index contributed by atoms with van der Waals surface area (Å²) in [5, 5.41) is 5.41. The van der Waals surface area contributed by atoms with Gasteiger partial charge in [-0.1, -0.05) is 19.9 Å². The molecule has 33 heavy (non-hydrogen) atoms. The normalized spacial score (nSPS) is 16.9. The quantitative estimate of drug-likeness (QED) is 0.626. The van der Waals surface area contributed by atoms with Crippen molar-refractivity contribution in [2.24, 2.45) is 11.8 Å². The van der Waals surface area contributed by atoms with Crippen LogP contribution >= 0.6 is 0 Å². The maximum absolute atomic E-state index is 13.2. The standard InChI is InChI=1S/C23H28FN3O5S/c1-16(2)15-32-23(29)26-20-7-3-6-19(13-20)25-22(28)17-5-4-12-27(14-17)33(30,31)21-10-8-18(24)9-11-21/h3,6-11,13,16-17H,4-5,12,14-15H2,1-2H3,(H,25,28)(H,26,29). The Bertz CT molecular complexity index is 1090. The van der Waals surface area contributed by atoms with Gasteiger partial charge in [-0.25, -0.2) is 17.6 Å². The zero-order chi connectivity index (χ0) is 24.0. The number of carbonyl (C=O) groups excluding carboxylic acids is 2. The Morgan fingerprint density at radius 1 is 1.12 bits per heavy atom. The highest BCUT2D eigenvalue weighted by Gasteiger charge is 2.33. The SMILES string of the molecule is CC(C)COC(=O)Nc1cccc(NC(=O)C2CCCN(S(=O)(=O)c3ccc(F)cc3)C2)c1. The monoisotopic (exact) mass is 477 g/mol. The molecule has 0 spiro atoms. The van der Waals surface area contributed by atoms with Crippen molar-refractivity contribution in [1.29, 1.82) is 0 Å². The lowest BCUT2D eigenvalue weighted by atomic mass is 9.98. The van der Waals surface area contributed by atoms with Gasteiger partial charge >= 0.3 is 6.09 Å². The van der Waals surface area contributed by atoms with E-state index in [9.17, 15) is 22.4 Å². The van der Waals surface area contributed by atoms with E-state index in [4.69, 9.17) is 4.74 Å². The lowest BCUT2D eigenvalue weighted by molar-refractivity contribution is -0.120. The van der Waals surface area contributed by atoms with Crippen LogP contribution in [0.25, 0.3) is 0 Å². The Morgan fingerprint density at radius 3 is 2.45 bits per heavy atom. The van der Waals surface area contributed by atoms with Gasteiger partial charge in [-0.2, -0.15) is 4.31 Å². The first kappa shape index (κ1) is 24.7. The number of nitrogens with one attached hydrogen (secondary N) is 2. The zero-order valence-corrected chi connectivity index (χ0v) is 19.4. The third-order valence-corrected chi connectivity index (χ3v) is 7.01. The molecule has 10 heteroatoms. The molecule has 1 heterocycles. The van der Waals surface area contributed by atoms with Crippen molar-refractivity contribution < 1.29 is 27.1 Å². The van der Waals surface area contributed by atoms with Gasteiger partial charge in [-0.05, 0) is 61.2 Å². The van der Waals surface area contributed by atoms with Crippen molar-refractivity contribution in [1.82, 2.24) is 4.31 Å². The summed E-state index contributed by atoms with van der Waals surface area (Å²) in [5.41, 5.74) is 0.936. The van der Waals surface area contributed by atoms with Crippen LogP contribution in [-0.4, -0.2) is 44.4 Å². The van der Waals surface area contributed by atoms with E-state index in [1.54, 1.807) is 24.3 Å². The zero-order valence-electron chi connectivity index (χ0n) is 18.6. The van der Waals surface area contributed by atoms with Crippen molar-refractivity contribution in [3.05, 3.63) is 54.3 Å². The van der Waals surface area contributed by atoms with Crippen LogP contribution in [0.2, 0.25) is 0 Å². The lowest BCUT2D eigenvalue weighted by Gasteiger charge is -2.31. The second-order valence-electron chi connectivity index (χ2n) is 8.34. The van der Waals surface area contributed by atoms with Crippen LogP contribution in [0.5, 0.6) is 0 Å². The van der Waals surface area contributed by atoms with E-state index < -0.39 is 27.9 Å². The van der Waals surface area contributed by atoms with Gasteiger partial charge in [0.05, 0.1) is 17.4 Å². The number of hydrogen-bond donors (Lipinski definition) is 2. The summed E-state index contributed by atoms with van der Waals surface area (Å²) in [5.74, 6) is -1.16. The van der Waals surface area contributed by atoms with Crippen LogP contribution in [-0.2, 0) is 19.6 Å². The molecule has 1 atom stereocenters. The number of sulfonamides is 1. The summed E-state index contributed by atoms with van der Waals surface area (Å²) in [4.78, 5) is 24.7. The first-order chi connectivity index (χ1) is 15.6. The molecule has 0 bridgehead atoms. The maximum Gasteiger partial charge on any atom is 0.411 e. The predicted molar refractivity (Wildman–Crippen MR) is 123 cm³/mol. The molecule has 8 nitrogen and oxygen atoms in total. The summed E-state index contributed by atoms with van der Waals surface area (Å²) >= 11 is 0. The number of rotatable bonds is 7. The minimum Gasteiger partial charge on any atom is -0.449 e. The van der Waals surface area contributed by atoms with Crippen LogP contribution in [0, 0.1) is 17.7 Å². The third-order valence-electron chi connectivity index (χ3n) is 5.13. The van der Waals surface area contributed by atoms with Crippen molar-refractivity contribution in [3.63, 3.8) is 0 Å². The molecule has 1 aliphatic heterocycles. The van der Waals surface area contributed by atoms with E-state index in [1.165, 1.54) is 16.4 Å². The van der Waals surface area contributed by atoms with Gasteiger partial charge in [0.2, 0.25) is 15.9 Å². The molecule has 1 fully saturated rings. The molecule has 1 aliphatic rings.